The third kappa shape index (κ3) is 3.89. The van der Waals surface area contributed by atoms with Gasteiger partial charge in [0.2, 0.25) is 0 Å². The average Bonchev–Trinajstić information content (AvgIpc) is 2.39. The summed E-state index contributed by atoms with van der Waals surface area (Å²) in [6.45, 7) is 0. The Labute approximate surface area is 114 Å². The lowest BCUT2D eigenvalue weighted by atomic mass is 9.84. The lowest BCUT2D eigenvalue weighted by molar-refractivity contribution is -0.143. The van der Waals surface area contributed by atoms with Crippen molar-refractivity contribution in [1.82, 2.24) is 5.32 Å². The van der Waals surface area contributed by atoms with Crippen molar-refractivity contribution in [3.8, 4) is 0 Å². The molecule has 0 spiro atoms. The average molecular weight is 271 g/mol. The molecule has 0 aromatic rings. The molecule has 0 saturated heterocycles. The van der Waals surface area contributed by atoms with Gasteiger partial charge in [0.25, 0.3) is 0 Å². The Morgan fingerprint density at radius 2 is 1.78 bits per heavy atom. The fourth-order valence-electron chi connectivity index (χ4n) is 3.41. The molecule has 2 saturated carbocycles. The Morgan fingerprint density at radius 1 is 1.11 bits per heavy atom. The molecule has 2 rings (SSSR count). The molecule has 0 heterocycles. The van der Waals surface area contributed by atoms with Crippen molar-refractivity contribution in [3.63, 3.8) is 0 Å². The quantitative estimate of drug-likeness (QED) is 0.825. The normalized spacial score (nSPS) is 37.4. The minimum Gasteiger partial charge on any atom is -0.481 e. The molecule has 0 amide bonds. The number of thioether (sulfide) groups is 1. The van der Waals surface area contributed by atoms with E-state index in [1.165, 1.54) is 25.7 Å². The van der Waals surface area contributed by atoms with Crippen molar-refractivity contribution in [3.05, 3.63) is 0 Å². The lowest BCUT2D eigenvalue weighted by Gasteiger charge is -2.35. The Bertz CT molecular complexity index is 285. The third-order valence-electron chi connectivity index (χ3n) is 4.45. The summed E-state index contributed by atoms with van der Waals surface area (Å²) >= 11 is 1.98. The van der Waals surface area contributed by atoms with Crippen LogP contribution in [0.5, 0.6) is 0 Å². The van der Waals surface area contributed by atoms with Gasteiger partial charge >= 0.3 is 5.97 Å². The zero-order valence-electron chi connectivity index (χ0n) is 11.2. The van der Waals surface area contributed by atoms with Crippen LogP contribution in [-0.4, -0.2) is 34.7 Å². The van der Waals surface area contributed by atoms with E-state index in [4.69, 9.17) is 5.11 Å². The summed E-state index contributed by atoms with van der Waals surface area (Å²) in [5, 5.41) is 13.6. The van der Waals surface area contributed by atoms with Gasteiger partial charge in [-0.25, -0.2) is 0 Å². The van der Waals surface area contributed by atoms with Gasteiger partial charge in [-0.05, 0) is 44.8 Å². The van der Waals surface area contributed by atoms with Crippen molar-refractivity contribution < 1.29 is 9.90 Å². The van der Waals surface area contributed by atoms with E-state index in [-0.39, 0.29) is 5.92 Å². The van der Waals surface area contributed by atoms with Gasteiger partial charge in [0.1, 0.15) is 0 Å². The van der Waals surface area contributed by atoms with Crippen LogP contribution in [0.4, 0.5) is 0 Å². The third-order valence-corrected chi connectivity index (χ3v) is 5.55. The number of aliphatic carboxylic acids is 1. The highest BCUT2D eigenvalue weighted by atomic mass is 32.2. The first-order valence-corrected chi connectivity index (χ1v) is 8.49. The first-order chi connectivity index (χ1) is 8.69. The van der Waals surface area contributed by atoms with Gasteiger partial charge in [0.05, 0.1) is 5.92 Å². The molecule has 18 heavy (non-hydrogen) atoms. The molecule has 2 aliphatic carbocycles. The summed E-state index contributed by atoms with van der Waals surface area (Å²) in [5.74, 6) is -0.719. The van der Waals surface area contributed by atoms with Crippen LogP contribution >= 0.6 is 11.8 Å². The Hall–Kier alpha value is -0.220. The van der Waals surface area contributed by atoms with Crippen molar-refractivity contribution in [2.24, 2.45) is 5.92 Å². The molecule has 0 aliphatic heterocycles. The second-order valence-corrected chi connectivity index (χ2v) is 6.92. The Balaban J connectivity index is 1.79. The zero-order valence-corrected chi connectivity index (χ0v) is 12.0. The lowest BCUT2D eigenvalue weighted by Crippen LogP contribution is -2.44. The number of nitrogens with one attached hydrogen (secondary N) is 1. The number of carboxylic acids is 1. The molecule has 4 unspecified atom stereocenters. The van der Waals surface area contributed by atoms with Gasteiger partial charge in [-0.1, -0.05) is 12.8 Å². The summed E-state index contributed by atoms with van der Waals surface area (Å²) in [6, 6.07) is 1.05. The van der Waals surface area contributed by atoms with Gasteiger partial charge in [0.15, 0.2) is 0 Å². The first kappa shape index (κ1) is 14.2. The molecule has 4 atom stereocenters. The molecule has 0 aromatic carbocycles. The molecule has 0 bridgehead atoms. The van der Waals surface area contributed by atoms with Gasteiger partial charge in [0, 0.05) is 17.3 Å². The fourth-order valence-corrected chi connectivity index (χ4v) is 4.24. The topological polar surface area (TPSA) is 49.3 Å². The summed E-state index contributed by atoms with van der Waals surface area (Å²) in [4.78, 5) is 11.1. The van der Waals surface area contributed by atoms with E-state index >= 15 is 0 Å². The van der Waals surface area contributed by atoms with E-state index in [0.29, 0.717) is 12.1 Å². The fraction of sp³-hybridized carbons (Fsp3) is 0.929. The van der Waals surface area contributed by atoms with Crippen molar-refractivity contribution >= 4 is 17.7 Å². The highest BCUT2D eigenvalue weighted by molar-refractivity contribution is 7.99. The minimum atomic E-state index is -0.605. The van der Waals surface area contributed by atoms with Crippen LogP contribution in [-0.2, 0) is 4.79 Å². The van der Waals surface area contributed by atoms with Crippen LogP contribution in [0.1, 0.15) is 51.4 Å². The van der Waals surface area contributed by atoms with Gasteiger partial charge in [-0.2, -0.15) is 11.8 Å². The standard InChI is InChI=1S/C14H25NO2S/c1-18-13-7-3-6-12(9-13)15-11-5-2-4-10(8-11)14(16)17/h10-13,15H,2-9H2,1H3,(H,16,17). The van der Waals surface area contributed by atoms with Crippen molar-refractivity contribution in [1.29, 1.82) is 0 Å². The summed E-state index contributed by atoms with van der Waals surface area (Å²) in [6.07, 6.45) is 11.3. The highest BCUT2D eigenvalue weighted by Gasteiger charge is 2.29. The molecular weight excluding hydrogens is 246 g/mol. The van der Waals surface area contributed by atoms with E-state index in [0.717, 1.165) is 30.9 Å². The Kier molecular flexibility index (Phi) is 5.37. The number of rotatable bonds is 4. The van der Waals surface area contributed by atoms with E-state index in [1.807, 2.05) is 11.8 Å². The molecule has 4 heteroatoms. The minimum absolute atomic E-state index is 0.115. The maximum atomic E-state index is 11.1. The smallest absolute Gasteiger partial charge is 0.306 e. The predicted octanol–water partition coefficient (Wildman–Crippen LogP) is 2.89. The molecule has 0 radical (unpaired) electrons. The maximum absolute atomic E-state index is 11.1. The number of carbonyl (C=O) groups is 1. The van der Waals surface area contributed by atoms with E-state index in [1.54, 1.807) is 0 Å². The van der Waals surface area contributed by atoms with E-state index < -0.39 is 5.97 Å². The largest absolute Gasteiger partial charge is 0.481 e. The van der Waals surface area contributed by atoms with Gasteiger partial charge < -0.3 is 10.4 Å². The van der Waals surface area contributed by atoms with Crippen LogP contribution in [0.15, 0.2) is 0 Å². The number of hydrogen-bond donors (Lipinski definition) is 2. The molecular formula is C14H25NO2S. The zero-order chi connectivity index (χ0) is 13.0. The molecule has 3 nitrogen and oxygen atoms in total. The van der Waals surface area contributed by atoms with E-state index in [9.17, 15) is 4.79 Å². The predicted molar refractivity (Wildman–Crippen MR) is 76.1 cm³/mol. The van der Waals surface area contributed by atoms with Gasteiger partial charge in [-0.3, -0.25) is 4.79 Å². The molecule has 0 aromatic heterocycles. The Morgan fingerprint density at radius 3 is 2.44 bits per heavy atom. The molecule has 104 valence electrons. The van der Waals surface area contributed by atoms with Gasteiger partial charge in [-0.15, -0.1) is 0 Å². The van der Waals surface area contributed by atoms with Crippen LogP contribution < -0.4 is 5.32 Å². The second kappa shape index (κ2) is 6.80. The summed E-state index contributed by atoms with van der Waals surface area (Å²) in [7, 11) is 0. The van der Waals surface area contributed by atoms with Crippen molar-refractivity contribution in [2.75, 3.05) is 6.26 Å². The van der Waals surface area contributed by atoms with Crippen LogP contribution in [0.2, 0.25) is 0 Å². The molecule has 2 N–H and O–H groups in total. The molecule has 2 aliphatic rings. The maximum Gasteiger partial charge on any atom is 0.306 e. The van der Waals surface area contributed by atoms with Crippen LogP contribution in [0.25, 0.3) is 0 Å². The number of carboxylic acid groups (broad SMARTS) is 1. The van der Waals surface area contributed by atoms with Crippen LogP contribution in [0.3, 0.4) is 0 Å². The number of hydrogen-bond acceptors (Lipinski definition) is 3. The monoisotopic (exact) mass is 271 g/mol. The highest BCUT2D eigenvalue weighted by Crippen LogP contribution is 2.30. The van der Waals surface area contributed by atoms with E-state index in [2.05, 4.69) is 11.6 Å². The van der Waals surface area contributed by atoms with Crippen LogP contribution in [0, 0.1) is 5.92 Å². The second-order valence-electron chi connectivity index (χ2n) is 5.79. The molecule has 2 fully saturated rings. The first-order valence-electron chi connectivity index (χ1n) is 7.20. The summed E-state index contributed by atoms with van der Waals surface area (Å²) in [5.41, 5.74) is 0. The summed E-state index contributed by atoms with van der Waals surface area (Å²) < 4.78 is 0. The SMILES string of the molecule is CSC1CCCC(NC2CCCC(C(=O)O)C2)C1. The van der Waals surface area contributed by atoms with Crippen molar-refractivity contribution in [2.45, 2.75) is 68.7 Å².